The number of pyridine rings is 1. The Balaban J connectivity index is 1.66. The van der Waals surface area contributed by atoms with E-state index < -0.39 is 11.7 Å². The van der Waals surface area contributed by atoms with Crippen molar-refractivity contribution in [2.24, 2.45) is 0 Å². The van der Waals surface area contributed by atoms with Crippen LogP contribution < -0.4 is 5.32 Å². The van der Waals surface area contributed by atoms with E-state index >= 15 is 0 Å². The fourth-order valence-electron chi connectivity index (χ4n) is 3.31. The van der Waals surface area contributed by atoms with Crippen LogP contribution in [0.25, 0.3) is 11.3 Å². The van der Waals surface area contributed by atoms with Crippen LogP contribution in [0.3, 0.4) is 0 Å². The lowest BCUT2D eigenvalue weighted by Crippen LogP contribution is -2.14. The van der Waals surface area contributed by atoms with Crippen molar-refractivity contribution >= 4 is 34.8 Å². The highest BCUT2D eigenvalue weighted by atomic mass is 35.5. The molecule has 0 bridgehead atoms. The Bertz CT molecular complexity index is 1080. The third kappa shape index (κ3) is 3.50. The molecule has 2 heterocycles. The number of aromatic nitrogens is 2. The van der Waals surface area contributed by atoms with Crippen molar-refractivity contribution in [3.8, 4) is 11.3 Å². The average Bonchev–Trinajstić information content (AvgIpc) is 3.10. The first-order chi connectivity index (χ1) is 13.4. The number of carbonyl (C=O) groups is 1. The van der Waals surface area contributed by atoms with Crippen molar-refractivity contribution in [1.82, 2.24) is 10.1 Å². The molecular weight excluding hydrogens is 404 g/mol. The summed E-state index contributed by atoms with van der Waals surface area (Å²) >= 11 is 11.5. The average molecular weight is 420 g/mol. The van der Waals surface area contributed by atoms with E-state index in [-0.39, 0.29) is 15.9 Å². The minimum absolute atomic E-state index is 0.0922. The van der Waals surface area contributed by atoms with Crippen LogP contribution in [0.2, 0.25) is 10.3 Å². The summed E-state index contributed by atoms with van der Waals surface area (Å²) in [7, 11) is 0. The van der Waals surface area contributed by atoms with Crippen molar-refractivity contribution in [1.29, 1.82) is 0 Å². The Morgan fingerprint density at radius 3 is 2.79 bits per heavy atom. The Morgan fingerprint density at radius 2 is 1.96 bits per heavy atom. The van der Waals surface area contributed by atoms with Gasteiger partial charge in [-0.05, 0) is 50.3 Å². The Labute approximate surface area is 170 Å². The number of halogens is 3. The largest absolute Gasteiger partial charge is 0.356 e. The minimum Gasteiger partial charge on any atom is -0.356 e. The van der Waals surface area contributed by atoms with Gasteiger partial charge in [-0.25, -0.2) is 9.37 Å². The number of aryl methyl sites for hydroxylation is 2. The lowest BCUT2D eigenvalue weighted by molar-refractivity contribution is 0.102. The van der Waals surface area contributed by atoms with Crippen LogP contribution in [-0.4, -0.2) is 16.0 Å². The van der Waals surface area contributed by atoms with Crippen LogP contribution in [0, 0.1) is 12.7 Å². The summed E-state index contributed by atoms with van der Waals surface area (Å²) in [6.45, 7) is 1.86. The van der Waals surface area contributed by atoms with Crippen LogP contribution >= 0.6 is 23.2 Å². The number of nitrogens with zero attached hydrogens (tertiary/aromatic N) is 2. The van der Waals surface area contributed by atoms with Crippen molar-refractivity contribution in [2.45, 2.75) is 32.6 Å². The number of anilines is 1. The fourth-order valence-corrected chi connectivity index (χ4v) is 3.72. The van der Waals surface area contributed by atoms with E-state index in [0.29, 0.717) is 5.69 Å². The molecule has 2 aromatic heterocycles. The second-order valence-corrected chi connectivity index (χ2v) is 7.44. The maximum atomic E-state index is 13.7. The van der Waals surface area contributed by atoms with Gasteiger partial charge in [0.2, 0.25) is 0 Å². The summed E-state index contributed by atoms with van der Waals surface area (Å²) in [5, 5.41) is 6.40. The molecule has 1 aliphatic rings. The van der Waals surface area contributed by atoms with Gasteiger partial charge >= 0.3 is 0 Å². The molecule has 0 fully saturated rings. The molecule has 144 valence electrons. The molecule has 0 saturated carbocycles. The van der Waals surface area contributed by atoms with Gasteiger partial charge in [0.15, 0.2) is 16.7 Å². The van der Waals surface area contributed by atoms with Gasteiger partial charge < -0.3 is 9.84 Å². The number of fused-ring (bicyclic) bond motifs is 1. The van der Waals surface area contributed by atoms with Crippen molar-refractivity contribution in [3.63, 3.8) is 0 Å². The highest BCUT2D eigenvalue weighted by molar-refractivity contribution is 6.35. The summed E-state index contributed by atoms with van der Waals surface area (Å²) in [6.07, 6.45) is 4.06. The normalized spacial score (nSPS) is 13.3. The highest BCUT2D eigenvalue weighted by Gasteiger charge is 2.22. The number of carbonyl (C=O) groups excluding carboxylic acids is 1. The highest BCUT2D eigenvalue weighted by Crippen LogP contribution is 2.33. The van der Waals surface area contributed by atoms with Gasteiger partial charge in [0.25, 0.3) is 5.91 Å². The van der Waals surface area contributed by atoms with Crippen LogP contribution in [0.5, 0.6) is 0 Å². The van der Waals surface area contributed by atoms with Gasteiger partial charge in [0, 0.05) is 16.8 Å². The Morgan fingerprint density at radius 1 is 1.18 bits per heavy atom. The van der Waals surface area contributed by atoms with Gasteiger partial charge in [0.05, 0.1) is 11.3 Å². The zero-order valence-corrected chi connectivity index (χ0v) is 16.5. The number of nitrogens with one attached hydrogen (secondary N) is 1. The van der Waals surface area contributed by atoms with E-state index in [0.717, 1.165) is 59.9 Å². The first-order valence-electron chi connectivity index (χ1n) is 8.85. The maximum absolute atomic E-state index is 13.7. The predicted molar refractivity (Wildman–Crippen MR) is 105 cm³/mol. The molecule has 3 aromatic rings. The summed E-state index contributed by atoms with van der Waals surface area (Å²) in [5.41, 5.74) is 4.26. The van der Waals surface area contributed by atoms with Crippen molar-refractivity contribution < 1.29 is 13.7 Å². The van der Waals surface area contributed by atoms with Crippen LogP contribution in [-0.2, 0) is 12.8 Å². The summed E-state index contributed by atoms with van der Waals surface area (Å²) in [4.78, 5) is 16.2. The summed E-state index contributed by atoms with van der Waals surface area (Å²) in [5.74, 6) is -0.662. The molecule has 28 heavy (non-hydrogen) atoms. The number of hydrogen-bond acceptors (Lipinski definition) is 4. The SMILES string of the molecule is Cc1ccc(-c2onc3c2CCCC3)cc1NC(=O)c1cc(F)c(Cl)nc1Cl. The minimum atomic E-state index is -0.810. The molecule has 5 nitrogen and oxygen atoms in total. The van der Waals surface area contributed by atoms with E-state index in [2.05, 4.69) is 15.5 Å². The standard InChI is InChI=1S/C20H16Cl2FN3O2/c1-10-6-7-11(17-12-4-2-3-5-15(12)26-28-17)8-16(10)24-20(27)13-9-14(23)19(22)25-18(13)21/h6-9H,2-5H2,1H3,(H,24,27). The monoisotopic (exact) mass is 419 g/mol. The van der Waals surface area contributed by atoms with Gasteiger partial charge in [-0.15, -0.1) is 0 Å². The summed E-state index contributed by atoms with van der Waals surface area (Å²) < 4.78 is 19.3. The zero-order valence-electron chi connectivity index (χ0n) is 15.0. The van der Waals surface area contributed by atoms with Crippen LogP contribution in [0.1, 0.15) is 40.0 Å². The fraction of sp³-hybridized carbons (Fsp3) is 0.250. The smallest absolute Gasteiger partial charge is 0.258 e. The second kappa shape index (κ2) is 7.53. The first-order valence-corrected chi connectivity index (χ1v) is 9.61. The molecule has 8 heteroatoms. The maximum Gasteiger partial charge on any atom is 0.258 e. The quantitative estimate of drug-likeness (QED) is 0.559. The van der Waals surface area contributed by atoms with Crippen LogP contribution in [0.4, 0.5) is 10.1 Å². The van der Waals surface area contributed by atoms with Crippen molar-refractivity contribution in [2.75, 3.05) is 5.32 Å². The van der Waals surface area contributed by atoms with E-state index in [4.69, 9.17) is 27.7 Å². The molecule has 0 radical (unpaired) electrons. The molecule has 1 aromatic carbocycles. The number of benzene rings is 1. The lowest BCUT2D eigenvalue weighted by Gasteiger charge is -2.12. The van der Waals surface area contributed by atoms with E-state index in [1.54, 1.807) is 0 Å². The molecule has 1 aliphatic carbocycles. The van der Waals surface area contributed by atoms with Crippen LogP contribution in [0.15, 0.2) is 28.8 Å². The third-order valence-corrected chi connectivity index (χ3v) is 5.39. The van der Waals surface area contributed by atoms with E-state index in [1.165, 1.54) is 0 Å². The zero-order chi connectivity index (χ0) is 19.8. The topological polar surface area (TPSA) is 68.0 Å². The molecule has 0 atom stereocenters. The van der Waals surface area contributed by atoms with Gasteiger partial charge in [0.1, 0.15) is 5.15 Å². The van der Waals surface area contributed by atoms with E-state index in [9.17, 15) is 9.18 Å². The Hall–Kier alpha value is -2.44. The molecule has 0 saturated heterocycles. The molecular formula is C20H16Cl2FN3O2. The van der Waals surface area contributed by atoms with Gasteiger partial charge in [-0.2, -0.15) is 0 Å². The molecule has 0 spiro atoms. The van der Waals surface area contributed by atoms with Gasteiger partial charge in [-0.1, -0.05) is 40.5 Å². The molecule has 4 rings (SSSR count). The Kier molecular flexibility index (Phi) is 5.08. The summed E-state index contributed by atoms with van der Waals surface area (Å²) in [6, 6.07) is 6.59. The molecule has 1 N–H and O–H groups in total. The van der Waals surface area contributed by atoms with Gasteiger partial charge in [-0.3, -0.25) is 4.79 Å². The number of rotatable bonds is 3. The lowest BCUT2D eigenvalue weighted by atomic mass is 9.93. The number of amides is 1. The first kappa shape index (κ1) is 18.9. The molecule has 0 unspecified atom stereocenters. The second-order valence-electron chi connectivity index (χ2n) is 6.73. The molecule has 1 amide bonds. The van der Waals surface area contributed by atoms with E-state index in [1.807, 2.05) is 25.1 Å². The predicted octanol–water partition coefficient (Wildman–Crippen LogP) is 5.62. The number of hydrogen-bond donors (Lipinski definition) is 1. The molecule has 0 aliphatic heterocycles. The third-order valence-electron chi connectivity index (χ3n) is 4.84. The van der Waals surface area contributed by atoms with Crippen molar-refractivity contribution in [3.05, 3.63) is 62.8 Å².